The fraction of sp³-hybridized carbons (Fsp3) is 0.326. The van der Waals surface area contributed by atoms with E-state index in [0.717, 1.165) is 27.5 Å². The van der Waals surface area contributed by atoms with Gasteiger partial charge in [-0.1, -0.05) is 97.1 Å². The molecule has 13 nitrogen and oxygen atoms in total. The molecule has 0 aromatic heterocycles. The molecule has 2 atom stereocenters. The summed E-state index contributed by atoms with van der Waals surface area (Å²) >= 11 is 0. The molecular weight excluding hydrogens is 707 g/mol. The minimum Gasteiger partial charge on any atom is -0.489 e. The summed E-state index contributed by atoms with van der Waals surface area (Å²) in [7, 11) is 0. The number of nitrogens with zero attached hydrogens (tertiary/aromatic N) is 4. The first-order chi connectivity index (χ1) is 27.1. The van der Waals surface area contributed by atoms with Gasteiger partial charge in [0.25, 0.3) is 0 Å². The molecule has 294 valence electrons. The molecular formula is C43H53N9O4. The van der Waals surface area contributed by atoms with Crippen molar-refractivity contribution in [2.45, 2.75) is 57.2 Å². The van der Waals surface area contributed by atoms with Crippen molar-refractivity contribution in [2.24, 2.45) is 32.9 Å². The van der Waals surface area contributed by atoms with Crippen LogP contribution < -0.4 is 33.0 Å². The van der Waals surface area contributed by atoms with E-state index in [2.05, 4.69) is 15.3 Å². The Morgan fingerprint density at radius 1 is 0.696 bits per heavy atom. The first-order valence-corrected chi connectivity index (χ1v) is 19.0. The number of carbonyl (C=O) groups is 3. The standard InChI is InChI=1S/C43H53N9O4/c44-42(45)48-22-8-14-36-29-51(39(53)28-33-16-19-34-12-4-5-13-35(34)26-33)24-6-7-25-52(38(41(55)50-36)15-9-23-49-43(46)47)40(54)27-31-17-20-37(21-18-31)56-30-32-10-2-1-3-11-32/h1-7,10-13,16-21,26,36,38H,8-9,14-15,22-25,27-30H2,(H,50,55)(H4,44,45,48)(H4,46,47,49)/b7-6+/t36-,38+/m1/s1. The van der Waals surface area contributed by atoms with E-state index in [0.29, 0.717) is 57.7 Å². The van der Waals surface area contributed by atoms with Gasteiger partial charge in [-0.3, -0.25) is 24.4 Å². The fourth-order valence-corrected chi connectivity index (χ4v) is 6.67. The predicted octanol–water partition coefficient (Wildman–Crippen LogP) is 3.39. The number of amides is 3. The largest absolute Gasteiger partial charge is 0.489 e. The lowest BCUT2D eigenvalue weighted by Crippen LogP contribution is -2.54. The zero-order valence-corrected chi connectivity index (χ0v) is 31.8. The molecule has 0 fully saturated rings. The Kier molecular flexibility index (Phi) is 15.2. The minimum absolute atomic E-state index is 0.0156. The highest BCUT2D eigenvalue weighted by Crippen LogP contribution is 2.20. The van der Waals surface area contributed by atoms with Gasteiger partial charge < -0.3 is 42.8 Å². The maximum atomic E-state index is 14.3. The van der Waals surface area contributed by atoms with Crippen molar-refractivity contribution in [3.8, 4) is 5.75 Å². The molecule has 13 heteroatoms. The first-order valence-electron chi connectivity index (χ1n) is 19.0. The van der Waals surface area contributed by atoms with E-state index in [1.165, 1.54) is 0 Å². The molecule has 1 heterocycles. The maximum Gasteiger partial charge on any atom is 0.243 e. The van der Waals surface area contributed by atoms with E-state index in [-0.39, 0.29) is 55.6 Å². The number of benzene rings is 4. The summed E-state index contributed by atoms with van der Waals surface area (Å²) in [5.41, 5.74) is 25.0. The monoisotopic (exact) mass is 759 g/mol. The zero-order chi connectivity index (χ0) is 39.7. The molecule has 3 amide bonds. The van der Waals surface area contributed by atoms with Crippen LogP contribution >= 0.6 is 0 Å². The van der Waals surface area contributed by atoms with Crippen LogP contribution in [0.2, 0.25) is 0 Å². The Labute approximate surface area is 328 Å². The summed E-state index contributed by atoms with van der Waals surface area (Å²) in [4.78, 5) is 53.9. The summed E-state index contributed by atoms with van der Waals surface area (Å²) in [5.74, 6) is 0.00642. The van der Waals surface area contributed by atoms with E-state index < -0.39 is 12.1 Å². The normalized spacial score (nSPS) is 16.6. The lowest BCUT2D eigenvalue weighted by Gasteiger charge is -2.32. The fourth-order valence-electron chi connectivity index (χ4n) is 6.67. The van der Waals surface area contributed by atoms with Crippen LogP contribution in [0.15, 0.2) is 119 Å². The van der Waals surface area contributed by atoms with Crippen molar-refractivity contribution in [2.75, 3.05) is 32.7 Å². The topological polar surface area (TPSA) is 208 Å². The van der Waals surface area contributed by atoms with Crippen molar-refractivity contribution in [1.82, 2.24) is 15.1 Å². The van der Waals surface area contributed by atoms with Crippen LogP contribution in [0, 0.1) is 0 Å². The second-order valence-corrected chi connectivity index (χ2v) is 13.9. The van der Waals surface area contributed by atoms with Crippen molar-refractivity contribution in [1.29, 1.82) is 0 Å². The molecule has 0 unspecified atom stereocenters. The van der Waals surface area contributed by atoms with Gasteiger partial charge in [-0.05, 0) is 65.3 Å². The van der Waals surface area contributed by atoms with Crippen LogP contribution in [0.4, 0.5) is 0 Å². The third-order valence-corrected chi connectivity index (χ3v) is 9.57. The Morgan fingerprint density at radius 2 is 1.32 bits per heavy atom. The predicted molar refractivity (Wildman–Crippen MR) is 222 cm³/mol. The Hall–Kier alpha value is -6.37. The van der Waals surface area contributed by atoms with Crippen LogP contribution in [-0.4, -0.2) is 84.2 Å². The quantitative estimate of drug-likeness (QED) is 0.0524. The average molecular weight is 760 g/mol. The third-order valence-electron chi connectivity index (χ3n) is 9.57. The lowest BCUT2D eigenvalue weighted by molar-refractivity contribution is -0.140. The van der Waals surface area contributed by atoms with Crippen LogP contribution in [0.25, 0.3) is 10.8 Å². The van der Waals surface area contributed by atoms with Crippen LogP contribution in [-0.2, 0) is 33.8 Å². The van der Waals surface area contributed by atoms with E-state index >= 15 is 0 Å². The summed E-state index contributed by atoms with van der Waals surface area (Å²) in [6.07, 6.45) is 5.85. The van der Waals surface area contributed by atoms with Gasteiger partial charge in [0, 0.05) is 38.8 Å². The van der Waals surface area contributed by atoms with Crippen molar-refractivity contribution >= 4 is 40.4 Å². The zero-order valence-electron chi connectivity index (χ0n) is 31.8. The van der Waals surface area contributed by atoms with Crippen LogP contribution in [0.3, 0.4) is 0 Å². The van der Waals surface area contributed by atoms with Crippen LogP contribution in [0.5, 0.6) is 5.75 Å². The molecule has 1 aliphatic rings. The summed E-state index contributed by atoms with van der Waals surface area (Å²) < 4.78 is 5.94. The highest BCUT2D eigenvalue weighted by molar-refractivity contribution is 5.89. The van der Waals surface area contributed by atoms with Crippen molar-refractivity contribution in [3.63, 3.8) is 0 Å². The Balaban J connectivity index is 1.36. The van der Waals surface area contributed by atoms with Crippen molar-refractivity contribution < 1.29 is 19.1 Å². The average Bonchev–Trinajstić information content (AvgIpc) is 3.21. The summed E-state index contributed by atoms with van der Waals surface area (Å²) in [6, 6.07) is 30.1. The molecule has 5 rings (SSSR count). The van der Waals surface area contributed by atoms with Crippen LogP contribution in [0.1, 0.15) is 42.4 Å². The number of ether oxygens (including phenoxy) is 1. The number of carbonyl (C=O) groups excluding carboxylic acids is 3. The number of guanidine groups is 2. The Morgan fingerprint density at radius 3 is 2.04 bits per heavy atom. The molecule has 0 spiro atoms. The van der Waals surface area contributed by atoms with Gasteiger partial charge in [-0.15, -0.1) is 0 Å². The highest BCUT2D eigenvalue weighted by atomic mass is 16.5. The smallest absolute Gasteiger partial charge is 0.243 e. The molecule has 0 radical (unpaired) electrons. The second kappa shape index (κ2) is 20.9. The van der Waals surface area contributed by atoms with Gasteiger partial charge in [-0.2, -0.15) is 0 Å². The number of fused-ring (bicyclic) bond motifs is 1. The first kappa shape index (κ1) is 40.8. The SMILES string of the molecule is NC(N)=NCCC[C@@H]1CN(C(=O)Cc2ccc3ccccc3c2)C/C=C/CN(C(=O)Cc2ccc(OCc3ccccc3)cc2)[C@@H](CCCN=C(N)N)C(=O)N1. The molecule has 0 bridgehead atoms. The number of aliphatic imine (C=N–C) groups is 2. The van der Waals surface area contributed by atoms with Crippen molar-refractivity contribution in [3.05, 3.63) is 126 Å². The van der Waals surface area contributed by atoms with Gasteiger partial charge in [0.05, 0.1) is 12.8 Å². The van der Waals surface area contributed by atoms with E-state index in [9.17, 15) is 14.4 Å². The van der Waals surface area contributed by atoms with E-state index in [4.69, 9.17) is 27.7 Å². The molecule has 0 aliphatic carbocycles. The number of nitrogens with one attached hydrogen (secondary N) is 1. The lowest BCUT2D eigenvalue weighted by atomic mass is 10.0. The number of rotatable bonds is 15. The molecule has 4 aromatic carbocycles. The summed E-state index contributed by atoms with van der Waals surface area (Å²) in [5, 5.41) is 5.35. The third kappa shape index (κ3) is 12.9. The van der Waals surface area contributed by atoms with Gasteiger partial charge in [-0.25, -0.2) is 0 Å². The van der Waals surface area contributed by atoms with Gasteiger partial charge >= 0.3 is 0 Å². The number of nitrogens with two attached hydrogens (primary N) is 4. The molecule has 1 aliphatic heterocycles. The molecule has 9 N–H and O–H groups in total. The highest BCUT2D eigenvalue weighted by Gasteiger charge is 2.31. The van der Waals surface area contributed by atoms with Gasteiger partial charge in [0.1, 0.15) is 18.4 Å². The number of hydrogen-bond acceptors (Lipinski definition) is 6. The summed E-state index contributed by atoms with van der Waals surface area (Å²) in [6.45, 7) is 1.82. The molecule has 0 saturated heterocycles. The number of hydrogen-bond donors (Lipinski definition) is 5. The van der Waals surface area contributed by atoms with E-state index in [1.807, 2.05) is 109 Å². The molecule has 0 saturated carbocycles. The van der Waals surface area contributed by atoms with Gasteiger partial charge in [0.15, 0.2) is 11.9 Å². The molecule has 4 aromatic rings. The molecule has 56 heavy (non-hydrogen) atoms. The second-order valence-electron chi connectivity index (χ2n) is 13.9. The van der Waals surface area contributed by atoms with E-state index in [1.54, 1.807) is 9.80 Å². The van der Waals surface area contributed by atoms with Gasteiger partial charge in [0.2, 0.25) is 17.7 Å². The maximum absolute atomic E-state index is 14.3. The Bertz CT molecular complexity index is 1990. The minimum atomic E-state index is -0.824.